The molecule has 3 heteroatoms. The molecule has 0 saturated heterocycles. The fraction of sp³-hybridized carbons (Fsp3) is 0.417. The number of anilines is 1. The van der Waals surface area contributed by atoms with Crippen LogP contribution in [0.1, 0.15) is 30.6 Å². The lowest BCUT2D eigenvalue weighted by atomic mass is 10.2. The first kappa shape index (κ1) is 11.6. The van der Waals surface area contributed by atoms with Crippen LogP contribution in [0.25, 0.3) is 0 Å². The van der Waals surface area contributed by atoms with Crippen molar-refractivity contribution in [1.29, 1.82) is 0 Å². The van der Waals surface area contributed by atoms with Crippen LogP contribution in [0.15, 0.2) is 24.3 Å². The van der Waals surface area contributed by atoms with Crippen molar-refractivity contribution >= 4 is 11.7 Å². The maximum atomic E-state index is 11.3. The molecular formula is C12H17NO2. The van der Waals surface area contributed by atoms with Crippen LogP contribution in [-0.2, 0) is 4.74 Å². The van der Waals surface area contributed by atoms with Crippen LogP contribution in [0.3, 0.4) is 0 Å². The molecule has 0 bridgehead atoms. The molecule has 0 fully saturated rings. The molecule has 0 amide bonds. The normalized spacial score (nSPS) is 9.73. The largest absolute Gasteiger partial charge is 0.462 e. The van der Waals surface area contributed by atoms with E-state index >= 15 is 0 Å². The van der Waals surface area contributed by atoms with Crippen molar-refractivity contribution in [2.45, 2.75) is 20.3 Å². The summed E-state index contributed by atoms with van der Waals surface area (Å²) >= 11 is 0. The van der Waals surface area contributed by atoms with Crippen LogP contribution in [0, 0.1) is 0 Å². The second-order valence-electron chi connectivity index (χ2n) is 3.22. The number of benzene rings is 1. The molecule has 0 aromatic heterocycles. The van der Waals surface area contributed by atoms with Crippen molar-refractivity contribution in [1.82, 2.24) is 0 Å². The Labute approximate surface area is 90.4 Å². The number of ether oxygens (including phenoxy) is 1. The maximum absolute atomic E-state index is 11.3. The van der Waals surface area contributed by atoms with Gasteiger partial charge in [-0.2, -0.15) is 0 Å². The lowest BCUT2D eigenvalue weighted by molar-refractivity contribution is 0.0526. The average molecular weight is 207 g/mol. The van der Waals surface area contributed by atoms with Crippen LogP contribution in [0.5, 0.6) is 0 Å². The summed E-state index contributed by atoms with van der Waals surface area (Å²) in [5.74, 6) is -0.264. The van der Waals surface area contributed by atoms with Crippen molar-refractivity contribution in [3.05, 3.63) is 29.8 Å². The molecule has 0 radical (unpaired) electrons. The molecule has 0 atom stereocenters. The molecule has 1 aromatic carbocycles. The molecule has 0 heterocycles. The minimum Gasteiger partial charge on any atom is -0.462 e. The summed E-state index contributed by atoms with van der Waals surface area (Å²) in [7, 11) is 0. The van der Waals surface area contributed by atoms with Gasteiger partial charge in [0, 0.05) is 12.2 Å². The predicted molar refractivity (Wildman–Crippen MR) is 61.2 cm³/mol. The first-order valence-corrected chi connectivity index (χ1v) is 5.29. The first-order valence-electron chi connectivity index (χ1n) is 5.29. The number of carbonyl (C=O) groups is 1. The van der Waals surface area contributed by atoms with Gasteiger partial charge in [0.25, 0.3) is 0 Å². The quantitative estimate of drug-likeness (QED) is 0.754. The Bertz CT molecular complexity index is 306. The molecular weight excluding hydrogens is 190 g/mol. The Morgan fingerprint density at radius 2 is 1.93 bits per heavy atom. The second kappa shape index (κ2) is 6.06. The molecule has 0 unspecified atom stereocenters. The number of esters is 1. The second-order valence-corrected chi connectivity index (χ2v) is 3.22. The minimum atomic E-state index is -0.264. The molecule has 0 spiro atoms. The minimum absolute atomic E-state index is 0.264. The molecule has 0 saturated carbocycles. The summed E-state index contributed by atoms with van der Waals surface area (Å²) in [6.07, 6.45) is 1.08. The third-order valence-electron chi connectivity index (χ3n) is 1.98. The van der Waals surface area contributed by atoms with Gasteiger partial charge in [0.05, 0.1) is 12.2 Å². The van der Waals surface area contributed by atoms with Crippen LogP contribution in [0.2, 0.25) is 0 Å². The summed E-state index contributed by atoms with van der Waals surface area (Å²) in [4.78, 5) is 11.3. The van der Waals surface area contributed by atoms with E-state index in [1.807, 2.05) is 12.1 Å². The van der Waals surface area contributed by atoms with E-state index in [9.17, 15) is 4.79 Å². The highest BCUT2D eigenvalue weighted by Crippen LogP contribution is 2.10. The fourth-order valence-electron chi connectivity index (χ4n) is 1.21. The predicted octanol–water partition coefficient (Wildman–Crippen LogP) is 2.69. The highest BCUT2D eigenvalue weighted by atomic mass is 16.5. The van der Waals surface area contributed by atoms with Crippen LogP contribution in [0.4, 0.5) is 5.69 Å². The van der Waals surface area contributed by atoms with Crippen molar-refractivity contribution < 1.29 is 9.53 Å². The highest BCUT2D eigenvalue weighted by molar-refractivity contribution is 5.89. The number of hydrogen-bond donors (Lipinski definition) is 1. The number of hydrogen-bond acceptors (Lipinski definition) is 3. The van der Waals surface area contributed by atoms with E-state index in [1.165, 1.54) is 0 Å². The van der Waals surface area contributed by atoms with Crippen LogP contribution < -0.4 is 5.32 Å². The Kier molecular flexibility index (Phi) is 4.68. The van der Waals surface area contributed by atoms with Crippen molar-refractivity contribution in [2.75, 3.05) is 18.5 Å². The van der Waals surface area contributed by atoms with Gasteiger partial charge in [-0.15, -0.1) is 0 Å². The van der Waals surface area contributed by atoms with Gasteiger partial charge in [-0.05, 0) is 37.6 Å². The van der Waals surface area contributed by atoms with E-state index < -0.39 is 0 Å². The van der Waals surface area contributed by atoms with Gasteiger partial charge in [0.15, 0.2) is 0 Å². The number of carbonyl (C=O) groups excluding carboxylic acids is 1. The third-order valence-corrected chi connectivity index (χ3v) is 1.98. The summed E-state index contributed by atoms with van der Waals surface area (Å²) < 4.78 is 4.89. The summed E-state index contributed by atoms with van der Waals surface area (Å²) in [6.45, 7) is 5.27. The smallest absolute Gasteiger partial charge is 0.338 e. The van der Waals surface area contributed by atoms with Crippen molar-refractivity contribution in [3.8, 4) is 0 Å². The van der Waals surface area contributed by atoms with Gasteiger partial charge in [-0.1, -0.05) is 6.92 Å². The zero-order valence-corrected chi connectivity index (χ0v) is 9.25. The van der Waals surface area contributed by atoms with Crippen molar-refractivity contribution in [2.24, 2.45) is 0 Å². The third kappa shape index (κ3) is 3.62. The molecule has 3 nitrogen and oxygen atoms in total. The van der Waals surface area contributed by atoms with E-state index in [0.29, 0.717) is 12.2 Å². The van der Waals surface area contributed by atoms with E-state index in [-0.39, 0.29) is 5.97 Å². The van der Waals surface area contributed by atoms with Gasteiger partial charge < -0.3 is 10.1 Å². The van der Waals surface area contributed by atoms with Gasteiger partial charge >= 0.3 is 5.97 Å². The zero-order valence-electron chi connectivity index (χ0n) is 9.25. The van der Waals surface area contributed by atoms with Crippen molar-refractivity contribution in [3.63, 3.8) is 0 Å². The van der Waals surface area contributed by atoms with Gasteiger partial charge in [0.1, 0.15) is 0 Å². The Morgan fingerprint density at radius 1 is 1.27 bits per heavy atom. The fourth-order valence-corrected chi connectivity index (χ4v) is 1.21. The molecule has 0 aliphatic rings. The van der Waals surface area contributed by atoms with E-state index in [1.54, 1.807) is 19.1 Å². The Hall–Kier alpha value is -1.51. The molecule has 1 rings (SSSR count). The maximum Gasteiger partial charge on any atom is 0.338 e. The first-order chi connectivity index (χ1) is 7.27. The van der Waals surface area contributed by atoms with Gasteiger partial charge in [0.2, 0.25) is 0 Å². The number of nitrogens with one attached hydrogen (secondary N) is 1. The molecule has 1 N–H and O–H groups in total. The topological polar surface area (TPSA) is 38.3 Å². The highest BCUT2D eigenvalue weighted by Gasteiger charge is 2.04. The summed E-state index contributed by atoms with van der Waals surface area (Å²) in [5.41, 5.74) is 1.63. The molecule has 0 aliphatic heterocycles. The summed E-state index contributed by atoms with van der Waals surface area (Å²) in [5, 5.41) is 3.24. The monoisotopic (exact) mass is 207 g/mol. The summed E-state index contributed by atoms with van der Waals surface area (Å²) in [6, 6.07) is 7.33. The van der Waals surface area contributed by atoms with Crippen LogP contribution >= 0.6 is 0 Å². The standard InChI is InChI=1S/C12H17NO2/c1-3-9-13-11-7-5-10(6-8-11)12(14)15-4-2/h5-8,13H,3-4,9H2,1-2H3. The Morgan fingerprint density at radius 3 is 2.47 bits per heavy atom. The molecule has 1 aromatic rings. The number of rotatable bonds is 5. The van der Waals surface area contributed by atoms with Crippen LogP contribution in [-0.4, -0.2) is 19.1 Å². The lowest BCUT2D eigenvalue weighted by Crippen LogP contribution is -2.05. The Balaban J connectivity index is 2.59. The SMILES string of the molecule is CCCNc1ccc(C(=O)OCC)cc1. The molecule has 15 heavy (non-hydrogen) atoms. The van der Waals surface area contributed by atoms with Gasteiger partial charge in [-0.3, -0.25) is 0 Å². The lowest BCUT2D eigenvalue weighted by Gasteiger charge is -2.05. The zero-order chi connectivity index (χ0) is 11.1. The molecule has 82 valence electrons. The average Bonchev–Trinajstić information content (AvgIpc) is 2.27. The van der Waals surface area contributed by atoms with E-state index in [4.69, 9.17) is 4.74 Å². The molecule has 0 aliphatic carbocycles. The van der Waals surface area contributed by atoms with E-state index in [0.717, 1.165) is 18.7 Å². The van der Waals surface area contributed by atoms with Gasteiger partial charge in [-0.25, -0.2) is 4.79 Å². The van der Waals surface area contributed by atoms with E-state index in [2.05, 4.69) is 12.2 Å².